The van der Waals surface area contributed by atoms with E-state index in [0.29, 0.717) is 0 Å². The molecule has 0 saturated heterocycles. The first-order chi connectivity index (χ1) is 51.3. The average molecular weight is 1450 g/mol. The molecule has 0 amide bonds. The lowest BCUT2D eigenvalue weighted by Crippen LogP contribution is -2.33. The Morgan fingerprint density at radius 2 is 0.538 bits per heavy atom. The molecular formula is C101H61Br2N. The zero-order chi connectivity index (χ0) is 68.4. The van der Waals surface area contributed by atoms with Gasteiger partial charge < -0.3 is 4.98 Å². The second kappa shape index (κ2) is 21.4. The fraction of sp³-hybridized carbons (Fsp3) is 0.0495. The van der Waals surface area contributed by atoms with Crippen molar-refractivity contribution >= 4 is 53.7 Å². The first kappa shape index (κ1) is 58.9. The number of H-pyrrole nitrogens is 1. The van der Waals surface area contributed by atoms with Crippen molar-refractivity contribution in [1.82, 2.24) is 4.98 Å². The lowest BCUT2D eigenvalue weighted by Gasteiger charge is -2.39. The van der Waals surface area contributed by atoms with Crippen LogP contribution in [0.3, 0.4) is 0 Å². The highest BCUT2D eigenvalue weighted by molar-refractivity contribution is 9.10. The van der Waals surface area contributed by atoms with E-state index in [4.69, 9.17) is 0 Å². The van der Waals surface area contributed by atoms with Crippen LogP contribution >= 0.6 is 31.9 Å². The second-order valence-corrected chi connectivity index (χ2v) is 31.3. The Morgan fingerprint density at radius 3 is 0.933 bits per heavy atom. The van der Waals surface area contributed by atoms with Crippen molar-refractivity contribution in [1.29, 1.82) is 0 Å². The normalized spacial score (nSPS) is 15.1. The number of fused-ring (bicyclic) bond motifs is 18. The molecule has 1 nitrogen and oxygen atoms in total. The zero-order valence-electron chi connectivity index (χ0n) is 56.4. The van der Waals surface area contributed by atoms with Crippen LogP contribution in [-0.4, -0.2) is 4.98 Å². The van der Waals surface area contributed by atoms with Crippen LogP contribution < -0.4 is 0 Å². The Kier molecular flexibility index (Phi) is 12.1. The van der Waals surface area contributed by atoms with Crippen LogP contribution in [0.5, 0.6) is 0 Å². The first-order valence-corrected chi connectivity index (χ1v) is 37.9. The molecule has 3 heteroatoms. The van der Waals surface area contributed by atoms with E-state index in [0.717, 1.165) is 48.7 Å². The van der Waals surface area contributed by atoms with Gasteiger partial charge in [0.15, 0.2) is 0 Å². The van der Waals surface area contributed by atoms with Gasteiger partial charge in [-0.25, -0.2) is 0 Å². The number of halogens is 2. The summed E-state index contributed by atoms with van der Waals surface area (Å²) in [5.74, 6) is 0. The Labute approximate surface area is 620 Å². The minimum atomic E-state index is -0.787. The van der Waals surface area contributed by atoms with Gasteiger partial charge in [0.2, 0.25) is 0 Å². The van der Waals surface area contributed by atoms with Gasteiger partial charge in [-0.15, -0.1) is 0 Å². The molecule has 0 aliphatic heterocycles. The van der Waals surface area contributed by atoms with E-state index in [2.05, 4.69) is 389 Å². The summed E-state index contributed by atoms with van der Waals surface area (Å²) in [6, 6.07) is 137. The molecule has 1 heterocycles. The van der Waals surface area contributed by atoms with Crippen LogP contribution in [0.15, 0.2) is 361 Å². The minimum Gasteiger partial charge on any atom is -0.354 e. The topological polar surface area (TPSA) is 15.8 Å². The lowest BCUT2D eigenvalue weighted by atomic mass is 9.62. The van der Waals surface area contributed by atoms with Crippen molar-refractivity contribution in [3.05, 3.63) is 461 Å². The van der Waals surface area contributed by atoms with E-state index in [-0.39, 0.29) is 0 Å². The standard InChI is InChI=1S/C101H61Br2N/c102-71-49-51-73-64(53-71)54-84-83(73)55-69-57-94(84)100(90-29-13-5-21-78(90)79-22-6-14-30-91(79)100)67-45-37-62(38-46-67)60-35-43-66(44-36-60)99(88-27-11-3-19-76(88)77-20-4-12-28-89(77)99)70-56-85-82-52-50-72(103)59-96(82)104-97(85)95(58-70)101(92-31-15-7-23-80(92)81-24-8-16-32-93(81)101)68-47-39-63(40-48-68)61-33-41-65(42-34-61)98(69)86-25-9-1-17-74(86)75-18-2-10-26-87(75)98/h1-53,55-59,104H,54H2. The summed E-state index contributed by atoms with van der Waals surface area (Å²) in [4.78, 5) is 4.17. The van der Waals surface area contributed by atoms with Crippen LogP contribution in [-0.2, 0) is 28.1 Å². The molecule has 1 aromatic heterocycles. The molecule has 0 saturated carbocycles. The Morgan fingerprint density at radius 1 is 0.221 bits per heavy atom. The molecular weight excluding hydrogens is 1390 g/mol. The monoisotopic (exact) mass is 1450 g/mol. The van der Waals surface area contributed by atoms with Crippen molar-refractivity contribution in [2.45, 2.75) is 28.1 Å². The molecule has 484 valence electrons. The molecule has 12 aliphatic carbocycles. The van der Waals surface area contributed by atoms with Crippen molar-refractivity contribution in [2.24, 2.45) is 0 Å². The van der Waals surface area contributed by atoms with Gasteiger partial charge in [0.05, 0.1) is 27.2 Å². The number of aromatic amines is 1. The highest BCUT2D eigenvalue weighted by Crippen LogP contribution is 2.65. The molecule has 12 bridgehead atoms. The molecule has 0 fully saturated rings. The zero-order valence-corrected chi connectivity index (χ0v) is 59.6. The van der Waals surface area contributed by atoms with Gasteiger partial charge in [0.1, 0.15) is 0 Å². The van der Waals surface area contributed by atoms with E-state index in [1.54, 1.807) is 0 Å². The maximum absolute atomic E-state index is 4.17. The third-order valence-electron chi connectivity index (χ3n) is 25.1. The number of nitrogens with one attached hydrogen (secondary N) is 1. The fourth-order valence-corrected chi connectivity index (χ4v) is 21.8. The van der Waals surface area contributed by atoms with Crippen LogP contribution in [0, 0.1) is 0 Å². The van der Waals surface area contributed by atoms with Crippen molar-refractivity contribution in [3.8, 4) is 77.9 Å². The second-order valence-electron chi connectivity index (χ2n) is 29.5. The predicted octanol–water partition coefficient (Wildman–Crippen LogP) is 25.5. The summed E-state index contributed by atoms with van der Waals surface area (Å²) in [5.41, 5.74) is 39.4. The van der Waals surface area contributed by atoms with Crippen molar-refractivity contribution in [3.63, 3.8) is 0 Å². The highest BCUT2D eigenvalue weighted by Gasteiger charge is 2.54. The highest BCUT2D eigenvalue weighted by atomic mass is 79.9. The summed E-state index contributed by atoms with van der Waals surface area (Å²) in [6.07, 6.45) is 0.801. The van der Waals surface area contributed by atoms with Gasteiger partial charge in [-0.05, 0) is 221 Å². The van der Waals surface area contributed by atoms with E-state index in [9.17, 15) is 0 Å². The van der Waals surface area contributed by atoms with Crippen LogP contribution in [0.4, 0.5) is 0 Å². The van der Waals surface area contributed by atoms with Gasteiger partial charge in [-0.1, -0.05) is 347 Å². The van der Waals surface area contributed by atoms with E-state index >= 15 is 0 Å². The first-order valence-electron chi connectivity index (χ1n) is 36.3. The van der Waals surface area contributed by atoms with Gasteiger partial charge >= 0.3 is 0 Å². The largest absolute Gasteiger partial charge is 0.354 e. The quantitative estimate of drug-likeness (QED) is 0.156. The van der Waals surface area contributed by atoms with E-state index < -0.39 is 21.7 Å². The summed E-state index contributed by atoms with van der Waals surface area (Å²) < 4.78 is 2.12. The summed E-state index contributed by atoms with van der Waals surface area (Å²) in [6.45, 7) is 0. The number of aromatic nitrogens is 1. The van der Waals surface area contributed by atoms with E-state index in [1.807, 2.05) is 0 Å². The van der Waals surface area contributed by atoms with Gasteiger partial charge in [-0.3, -0.25) is 0 Å². The van der Waals surface area contributed by atoms with Gasteiger partial charge in [-0.2, -0.15) is 0 Å². The van der Waals surface area contributed by atoms with E-state index in [1.165, 1.54) is 167 Å². The lowest BCUT2D eigenvalue weighted by molar-refractivity contribution is 0.734. The van der Waals surface area contributed by atoms with Crippen molar-refractivity contribution < 1.29 is 0 Å². The average Bonchev–Trinajstić information content (AvgIpc) is 1.50. The molecule has 0 atom stereocenters. The number of rotatable bonds is 0. The summed E-state index contributed by atoms with van der Waals surface area (Å²) in [5, 5.41) is 2.37. The third kappa shape index (κ3) is 7.47. The number of hydrogen-bond donors (Lipinski definition) is 1. The molecule has 1 N–H and O–H groups in total. The minimum absolute atomic E-state index is 0.729. The maximum atomic E-state index is 4.17. The molecule has 29 rings (SSSR count). The van der Waals surface area contributed by atoms with Crippen LogP contribution in [0.2, 0.25) is 0 Å². The molecule has 17 aromatic rings. The Hall–Kier alpha value is -11.7. The smallest absolute Gasteiger partial charge is 0.0734 e. The molecule has 16 aromatic carbocycles. The molecule has 4 spiro atoms. The fourth-order valence-electron chi connectivity index (χ4n) is 21.0. The van der Waals surface area contributed by atoms with Crippen LogP contribution in [0.1, 0.15) is 100 Å². The SMILES string of the molecule is Brc1ccc2c(c1)Cc1c-2cc2cc1C1(c3ccc(cc3)-c3ccc(cc3)C3(c4cc(c5[nH]c6cc(Br)ccc6c5c4)C4(c5ccc(cc5)-c5ccc(cc5)C25c2ccccc2-c2ccccc25)c2ccccc2-c2ccccc24)c2ccccc2-c2ccccc23)c2ccccc2-c2ccccc21. The predicted molar refractivity (Wildman–Crippen MR) is 433 cm³/mol. The van der Waals surface area contributed by atoms with Crippen molar-refractivity contribution in [2.75, 3.05) is 0 Å². The molecule has 0 radical (unpaired) electrons. The van der Waals surface area contributed by atoms with Crippen LogP contribution in [0.25, 0.3) is 99.7 Å². The number of hydrogen-bond acceptors (Lipinski definition) is 0. The molecule has 0 unspecified atom stereocenters. The maximum Gasteiger partial charge on any atom is 0.0734 e. The molecule has 104 heavy (non-hydrogen) atoms. The van der Waals surface area contributed by atoms with Gasteiger partial charge in [0, 0.05) is 25.2 Å². The van der Waals surface area contributed by atoms with Gasteiger partial charge in [0.25, 0.3) is 0 Å². The summed E-state index contributed by atoms with van der Waals surface area (Å²) >= 11 is 7.90. The Balaban J connectivity index is 0.851. The number of benzene rings is 16. The molecule has 12 aliphatic rings. The summed E-state index contributed by atoms with van der Waals surface area (Å²) in [7, 11) is 0. The third-order valence-corrected chi connectivity index (χ3v) is 26.1. The Bertz CT molecular complexity index is 6400.